The zero-order chi connectivity index (χ0) is 41.6. The van der Waals surface area contributed by atoms with E-state index in [4.69, 9.17) is 14.4 Å². The van der Waals surface area contributed by atoms with Crippen LogP contribution in [-0.4, -0.2) is 19.1 Å². The van der Waals surface area contributed by atoms with Crippen molar-refractivity contribution in [2.24, 2.45) is 0 Å². The molecule has 15 aromatic rings. The van der Waals surface area contributed by atoms with Gasteiger partial charge in [-0.2, -0.15) is 0 Å². The minimum atomic E-state index is 0.706. The highest BCUT2D eigenvalue weighted by Gasteiger charge is 2.25. The predicted molar refractivity (Wildman–Crippen MR) is 268 cm³/mol. The average molecular weight is 833 g/mol. The number of rotatable bonds is 4. The quantitative estimate of drug-likeness (QED) is 0.177. The van der Waals surface area contributed by atoms with E-state index in [0.717, 1.165) is 98.6 Å². The summed E-state index contributed by atoms with van der Waals surface area (Å²) in [6.07, 6.45) is 0. The Morgan fingerprint density at radius 1 is 0.391 bits per heavy atom. The van der Waals surface area contributed by atoms with Gasteiger partial charge in [-0.05, 0) is 82.9 Å². The monoisotopic (exact) mass is 832 g/mol. The first-order valence-corrected chi connectivity index (χ1v) is 22.5. The van der Waals surface area contributed by atoms with Crippen molar-refractivity contribution in [2.45, 2.75) is 0 Å². The molecule has 5 aromatic heterocycles. The highest BCUT2D eigenvalue weighted by molar-refractivity contribution is 7.26. The third kappa shape index (κ3) is 4.51. The van der Waals surface area contributed by atoms with Gasteiger partial charge < -0.3 is 13.6 Å². The number of fused-ring (bicyclic) bond motifs is 7. The maximum atomic E-state index is 6.73. The van der Waals surface area contributed by atoms with Crippen molar-refractivity contribution >= 4 is 119 Å². The van der Waals surface area contributed by atoms with E-state index in [0.29, 0.717) is 5.82 Å². The van der Waals surface area contributed by atoms with Gasteiger partial charge >= 0.3 is 0 Å². The molecule has 0 aliphatic heterocycles. The second kappa shape index (κ2) is 12.6. The second-order valence-corrected chi connectivity index (χ2v) is 17.9. The van der Waals surface area contributed by atoms with E-state index in [1.54, 1.807) is 11.3 Å². The van der Waals surface area contributed by atoms with Gasteiger partial charge in [0.2, 0.25) is 0 Å². The summed E-state index contributed by atoms with van der Waals surface area (Å²) >= 11 is 1.77. The van der Waals surface area contributed by atoms with Crippen LogP contribution in [0, 0.1) is 0 Å². The lowest BCUT2D eigenvalue weighted by Gasteiger charge is -2.15. The Kier molecular flexibility index (Phi) is 6.77. The minimum Gasteiger partial charge on any atom is -0.456 e. The molecule has 0 unspecified atom stereocenters. The third-order valence-electron chi connectivity index (χ3n) is 13.5. The van der Waals surface area contributed by atoms with Gasteiger partial charge in [0, 0.05) is 64.6 Å². The molecule has 0 fully saturated rings. The van der Waals surface area contributed by atoms with Crippen LogP contribution in [0.25, 0.3) is 141 Å². The molecule has 5 nitrogen and oxygen atoms in total. The molecule has 0 amide bonds. The Morgan fingerprint density at radius 2 is 1.02 bits per heavy atom. The molecule has 5 heterocycles. The molecule has 0 saturated carbocycles. The fourth-order valence-corrected chi connectivity index (χ4v) is 12.0. The normalized spacial score (nSPS) is 12.4. The van der Waals surface area contributed by atoms with Crippen LogP contribution in [0.5, 0.6) is 0 Å². The molecule has 6 heteroatoms. The van der Waals surface area contributed by atoms with Crippen molar-refractivity contribution in [3.05, 3.63) is 194 Å². The zero-order valence-corrected chi connectivity index (χ0v) is 34.9. The molecule has 10 aromatic carbocycles. The number of nitrogens with zero attached hydrogens (tertiary/aromatic N) is 4. The maximum Gasteiger partial charge on any atom is 0.161 e. The largest absolute Gasteiger partial charge is 0.456 e. The number of hydrogen-bond acceptors (Lipinski definition) is 4. The molecule has 0 bridgehead atoms. The molecular weight excluding hydrogens is 801 g/mol. The van der Waals surface area contributed by atoms with E-state index in [-0.39, 0.29) is 0 Å². The zero-order valence-electron chi connectivity index (χ0n) is 34.1. The second-order valence-electron chi connectivity index (χ2n) is 16.8. The van der Waals surface area contributed by atoms with Gasteiger partial charge in [0.05, 0.1) is 43.7 Å². The summed E-state index contributed by atoms with van der Waals surface area (Å²) in [6.45, 7) is 0. The lowest BCUT2D eigenvalue weighted by Crippen LogP contribution is -1.99. The van der Waals surface area contributed by atoms with Crippen LogP contribution in [0.4, 0.5) is 0 Å². The highest BCUT2D eigenvalue weighted by atomic mass is 32.1. The molecule has 0 radical (unpaired) electrons. The fourth-order valence-electron chi connectivity index (χ4n) is 10.9. The molecular formula is C58H32N4OS. The number of thiophene rings is 1. The average Bonchev–Trinajstić information content (AvgIpc) is 3.98. The Hall–Kier alpha value is -8.32. The Balaban J connectivity index is 1.02. The minimum absolute atomic E-state index is 0.706. The smallest absolute Gasteiger partial charge is 0.161 e. The van der Waals surface area contributed by atoms with Crippen LogP contribution in [0.3, 0.4) is 0 Å². The summed E-state index contributed by atoms with van der Waals surface area (Å²) < 4.78 is 13.8. The summed E-state index contributed by atoms with van der Waals surface area (Å²) in [5.74, 6) is 0.706. The van der Waals surface area contributed by atoms with Gasteiger partial charge in [0.15, 0.2) is 5.82 Å². The van der Waals surface area contributed by atoms with Crippen LogP contribution in [-0.2, 0) is 0 Å². The highest BCUT2D eigenvalue weighted by Crippen LogP contribution is 2.48. The van der Waals surface area contributed by atoms with E-state index < -0.39 is 0 Å². The summed E-state index contributed by atoms with van der Waals surface area (Å²) in [5.41, 5.74) is 12.6. The summed E-state index contributed by atoms with van der Waals surface area (Å²) in [4.78, 5) is 11.2. The lowest BCUT2D eigenvalue weighted by molar-refractivity contribution is 0.664. The van der Waals surface area contributed by atoms with Gasteiger partial charge in [-0.3, -0.25) is 0 Å². The van der Waals surface area contributed by atoms with Gasteiger partial charge in [-0.1, -0.05) is 127 Å². The molecule has 0 aliphatic carbocycles. The van der Waals surface area contributed by atoms with E-state index in [1.807, 2.05) is 0 Å². The van der Waals surface area contributed by atoms with Gasteiger partial charge in [0.25, 0.3) is 0 Å². The van der Waals surface area contributed by atoms with Crippen molar-refractivity contribution in [3.8, 4) is 34.0 Å². The van der Waals surface area contributed by atoms with Gasteiger partial charge in [-0.25, -0.2) is 9.97 Å². The fraction of sp³-hybridized carbons (Fsp3) is 0. The predicted octanol–water partition coefficient (Wildman–Crippen LogP) is 16.0. The van der Waals surface area contributed by atoms with Crippen LogP contribution in [0.1, 0.15) is 0 Å². The van der Waals surface area contributed by atoms with Crippen LogP contribution in [0.15, 0.2) is 199 Å². The van der Waals surface area contributed by atoms with E-state index in [2.05, 4.69) is 203 Å². The first kappa shape index (κ1) is 34.3. The van der Waals surface area contributed by atoms with E-state index in [1.165, 1.54) is 37.0 Å². The molecule has 0 aliphatic rings. The summed E-state index contributed by atoms with van der Waals surface area (Å²) in [5, 5.41) is 12.8. The number of benzene rings is 10. The first-order valence-electron chi connectivity index (χ1n) is 21.7. The Morgan fingerprint density at radius 3 is 1.78 bits per heavy atom. The third-order valence-corrected chi connectivity index (χ3v) is 14.7. The first-order chi connectivity index (χ1) is 31.8. The van der Waals surface area contributed by atoms with Crippen LogP contribution in [0.2, 0.25) is 0 Å². The van der Waals surface area contributed by atoms with E-state index in [9.17, 15) is 0 Å². The van der Waals surface area contributed by atoms with Crippen molar-refractivity contribution in [1.29, 1.82) is 0 Å². The standard InChI is InChI=1S/C58H32N4OS/c1-2-15-35(16-3-1)61-42-22-8-6-19-39(42)52-41(21-12-23-44(52)61)56-57-55(40-20-7-9-26-49(40)64-57)59-58(60-56)38-29-32-43(37-18-5-4-17-36(37)38)62-45-30-27-33-13-10-24-47-50(33)53(45)54-46(62)31-28-34-14-11-25-48(63-47)51(34)54/h1-32H. The summed E-state index contributed by atoms with van der Waals surface area (Å²) in [6, 6.07) is 69.7. The van der Waals surface area contributed by atoms with Crippen molar-refractivity contribution in [3.63, 3.8) is 0 Å². The van der Waals surface area contributed by atoms with Gasteiger partial charge in [-0.15, -0.1) is 11.3 Å². The molecule has 0 atom stereocenters. The number of para-hydroxylation sites is 2. The Bertz CT molecular complexity index is 4330. The molecule has 296 valence electrons. The Labute approximate surface area is 368 Å². The molecule has 15 rings (SSSR count). The van der Waals surface area contributed by atoms with Crippen LogP contribution >= 0.6 is 11.3 Å². The SMILES string of the molecule is c1ccc(-n2c3ccccc3c3c(-c4nc(-c5ccc(-n6c7ccc8cccc9oc%10cccc%11ccc6c(c%11%10)c7c89)c6ccccc56)nc5c4sc4ccccc45)cccc32)cc1. The lowest BCUT2D eigenvalue weighted by atomic mass is 10.00. The van der Waals surface area contributed by atoms with Crippen molar-refractivity contribution < 1.29 is 4.42 Å². The molecule has 0 N–H and O–H groups in total. The summed E-state index contributed by atoms with van der Waals surface area (Å²) in [7, 11) is 0. The number of hydrogen-bond donors (Lipinski definition) is 0. The molecule has 0 spiro atoms. The van der Waals surface area contributed by atoms with E-state index >= 15 is 0 Å². The van der Waals surface area contributed by atoms with Gasteiger partial charge in [0.1, 0.15) is 11.2 Å². The van der Waals surface area contributed by atoms with Crippen LogP contribution < -0.4 is 0 Å². The topological polar surface area (TPSA) is 48.8 Å². The number of aromatic nitrogens is 4. The van der Waals surface area contributed by atoms with Crippen molar-refractivity contribution in [1.82, 2.24) is 19.1 Å². The maximum absolute atomic E-state index is 6.73. The van der Waals surface area contributed by atoms with Crippen molar-refractivity contribution in [2.75, 3.05) is 0 Å². The molecule has 64 heavy (non-hydrogen) atoms. The molecule has 0 saturated heterocycles.